The minimum absolute atomic E-state index is 0.130. The van der Waals surface area contributed by atoms with E-state index in [2.05, 4.69) is 17.1 Å². The Bertz CT molecular complexity index is 995. The number of hydrogen-bond acceptors (Lipinski definition) is 4. The normalized spacial score (nSPS) is 11.0. The highest BCUT2D eigenvalue weighted by atomic mass is 16.5. The summed E-state index contributed by atoms with van der Waals surface area (Å²) in [4.78, 5) is 4.53. The molecule has 0 aliphatic carbocycles. The summed E-state index contributed by atoms with van der Waals surface area (Å²) >= 11 is 0. The van der Waals surface area contributed by atoms with Crippen molar-refractivity contribution in [2.75, 3.05) is 13.2 Å². The number of benzene rings is 2. The summed E-state index contributed by atoms with van der Waals surface area (Å²) in [5.41, 5.74) is 3.72. The van der Waals surface area contributed by atoms with Gasteiger partial charge in [0, 0.05) is 30.2 Å². The van der Waals surface area contributed by atoms with E-state index < -0.39 is 0 Å². The Kier molecular flexibility index (Phi) is 4.62. The molecule has 0 saturated carbocycles. The first kappa shape index (κ1) is 16.3. The van der Waals surface area contributed by atoms with Gasteiger partial charge >= 0.3 is 0 Å². The molecule has 0 saturated heterocycles. The molecule has 2 heterocycles. The third-order valence-corrected chi connectivity index (χ3v) is 4.14. The van der Waals surface area contributed by atoms with Crippen molar-refractivity contribution in [1.82, 2.24) is 14.8 Å². The van der Waals surface area contributed by atoms with Gasteiger partial charge in [0.05, 0.1) is 12.3 Å². The Morgan fingerprint density at radius 1 is 0.923 bits per heavy atom. The summed E-state index contributed by atoms with van der Waals surface area (Å²) in [5, 5.41) is 14.7. The van der Waals surface area contributed by atoms with Crippen molar-refractivity contribution >= 4 is 11.0 Å². The van der Waals surface area contributed by atoms with E-state index in [0.29, 0.717) is 13.0 Å². The van der Waals surface area contributed by atoms with Crippen LogP contribution in [-0.4, -0.2) is 33.1 Å². The third-order valence-electron chi connectivity index (χ3n) is 4.14. The molecule has 0 radical (unpaired) electrons. The highest BCUT2D eigenvalue weighted by Crippen LogP contribution is 2.28. The Morgan fingerprint density at radius 2 is 1.73 bits per heavy atom. The summed E-state index contributed by atoms with van der Waals surface area (Å²) in [5.74, 6) is 0.773. The monoisotopic (exact) mass is 345 g/mol. The Morgan fingerprint density at radius 3 is 2.50 bits per heavy atom. The molecule has 0 aliphatic heterocycles. The smallest absolute Gasteiger partial charge is 0.163 e. The van der Waals surface area contributed by atoms with Gasteiger partial charge in [-0.15, -0.1) is 0 Å². The van der Waals surface area contributed by atoms with E-state index in [9.17, 15) is 0 Å². The van der Waals surface area contributed by atoms with Crippen LogP contribution in [0.3, 0.4) is 0 Å². The van der Waals surface area contributed by atoms with Crippen molar-refractivity contribution in [3.63, 3.8) is 0 Å². The molecule has 130 valence electrons. The second kappa shape index (κ2) is 7.37. The van der Waals surface area contributed by atoms with Crippen LogP contribution in [0.2, 0.25) is 0 Å². The van der Waals surface area contributed by atoms with Crippen molar-refractivity contribution in [3.8, 4) is 22.7 Å². The van der Waals surface area contributed by atoms with Crippen LogP contribution in [0.25, 0.3) is 28.0 Å². The molecule has 0 amide bonds. The predicted molar refractivity (Wildman–Crippen MR) is 101 cm³/mol. The SMILES string of the molecule is OCCCOc1ccc(-n2nc(-c3ccccc3)c3cccnc32)cc1. The number of pyridine rings is 1. The molecular weight excluding hydrogens is 326 g/mol. The van der Waals surface area contributed by atoms with Gasteiger partial charge in [-0.05, 0) is 36.4 Å². The maximum atomic E-state index is 8.84. The third kappa shape index (κ3) is 3.17. The number of ether oxygens (including phenoxy) is 1. The maximum Gasteiger partial charge on any atom is 0.163 e. The molecule has 0 fully saturated rings. The lowest BCUT2D eigenvalue weighted by molar-refractivity contribution is 0.233. The van der Waals surface area contributed by atoms with Crippen molar-refractivity contribution in [2.24, 2.45) is 0 Å². The second-order valence-electron chi connectivity index (χ2n) is 5.92. The van der Waals surface area contributed by atoms with Gasteiger partial charge in [0.2, 0.25) is 0 Å². The van der Waals surface area contributed by atoms with E-state index in [0.717, 1.165) is 33.7 Å². The summed E-state index contributed by atoms with van der Waals surface area (Å²) in [6.07, 6.45) is 2.40. The zero-order chi connectivity index (χ0) is 17.8. The van der Waals surface area contributed by atoms with E-state index in [4.69, 9.17) is 14.9 Å². The molecule has 5 heteroatoms. The van der Waals surface area contributed by atoms with Crippen LogP contribution >= 0.6 is 0 Å². The molecule has 5 nitrogen and oxygen atoms in total. The van der Waals surface area contributed by atoms with Crippen LogP contribution in [0, 0.1) is 0 Å². The van der Waals surface area contributed by atoms with Gasteiger partial charge in [-0.25, -0.2) is 9.67 Å². The zero-order valence-electron chi connectivity index (χ0n) is 14.2. The molecule has 2 aromatic heterocycles. The summed E-state index contributed by atoms with van der Waals surface area (Å²) < 4.78 is 7.45. The number of aliphatic hydroxyl groups is 1. The average Bonchev–Trinajstić information content (AvgIpc) is 3.09. The fourth-order valence-corrected chi connectivity index (χ4v) is 2.88. The Labute approximate surface area is 151 Å². The second-order valence-corrected chi connectivity index (χ2v) is 5.92. The number of nitrogens with zero attached hydrogens (tertiary/aromatic N) is 3. The zero-order valence-corrected chi connectivity index (χ0v) is 14.2. The van der Waals surface area contributed by atoms with E-state index in [-0.39, 0.29) is 6.61 Å². The summed E-state index contributed by atoms with van der Waals surface area (Å²) in [7, 11) is 0. The number of aliphatic hydroxyl groups excluding tert-OH is 1. The Hall–Kier alpha value is -3.18. The predicted octanol–water partition coefficient (Wildman–Crippen LogP) is 3.85. The van der Waals surface area contributed by atoms with E-state index in [1.54, 1.807) is 6.20 Å². The van der Waals surface area contributed by atoms with Crippen LogP contribution in [0.4, 0.5) is 0 Å². The molecule has 26 heavy (non-hydrogen) atoms. The minimum Gasteiger partial charge on any atom is -0.494 e. The summed E-state index contributed by atoms with van der Waals surface area (Å²) in [6.45, 7) is 0.631. The van der Waals surface area contributed by atoms with Gasteiger partial charge in [-0.3, -0.25) is 0 Å². The first-order valence-electron chi connectivity index (χ1n) is 8.60. The molecule has 0 atom stereocenters. The molecular formula is C21H19N3O2. The molecule has 0 spiro atoms. The van der Waals surface area contributed by atoms with Crippen molar-refractivity contribution in [2.45, 2.75) is 6.42 Å². The molecule has 4 rings (SSSR count). The van der Waals surface area contributed by atoms with E-state index >= 15 is 0 Å². The molecule has 2 aromatic carbocycles. The largest absolute Gasteiger partial charge is 0.494 e. The van der Waals surface area contributed by atoms with Gasteiger partial charge in [-0.1, -0.05) is 30.3 Å². The lowest BCUT2D eigenvalue weighted by Crippen LogP contribution is -2.01. The van der Waals surface area contributed by atoms with Crippen molar-refractivity contribution in [1.29, 1.82) is 0 Å². The highest BCUT2D eigenvalue weighted by molar-refractivity contribution is 5.91. The minimum atomic E-state index is 0.130. The molecule has 0 aliphatic rings. The van der Waals surface area contributed by atoms with Crippen LogP contribution in [-0.2, 0) is 0 Å². The van der Waals surface area contributed by atoms with Gasteiger partial charge < -0.3 is 9.84 Å². The highest BCUT2D eigenvalue weighted by Gasteiger charge is 2.14. The maximum absolute atomic E-state index is 8.84. The number of hydrogen-bond donors (Lipinski definition) is 1. The topological polar surface area (TPSA) is 60.2 Å². The van der Waals surface area contributed by atoms with Gasteiger partial charge in [0.25, 0.3) is 0 Å². The molecule has 1 N–H and O–H groups in total. The first-order valence-corrected chi connectivity index (χ1v) is 8.60. The van der Waals surface area contributed by atoms with Crippen molar-refractivity contribution in [3.05, 3.63) is 72.9 Å². The van der Waals surface area contributed by atoms with E-state index in [1.807, 2.05) is 59.3 Å². The molecule has 0 unspecified atom stereocenters. The number of rotatable bonds is 6. The quantitative estimate of drug-likeness (QED) is 0.539. The van der Waals surface area contributed by atoms with Crippen LogP contribution in [0.15, 0.2) is 72.9 Å². The van der Waals surface area contributed by atoms with Crippen LogP contribution in [0.5, 0.6) is 5.75 Å². The van der Waals surface area contributed by atoms with Crippen LogP contribution < -0.4 is 4.74 Å². The summed E-state index contributed by atoms with van der Waals surface area (Å²) in [6, 6.07) is 21.8. The lowest BCUT2D eigenvalue weighted by Gasteiger charge is -2.07. The van der Waals surface area contributed by atoms with Crippen LogP contribution in [0.1, 0.15) is 6.42 Å². The van der Waals surface area contributed by atoms with Gasteiger partial charge in [-0.2, -0.15) is 5.10 Å². The van der Waals surface area contributed by atoms with E-state index in [1.165, 1.54) is 0 Å². The molecule has 0 bridgehead atoms. The number of aromatic nitrogens is 3. The average molecular weight is 345 g/mol. The molecule has 4 aromatic rings. The van der Waals surface area contributed by atoms with Gasteiger partial charge in [0.15, 0.2) is 5.65 Å². The van der Waals surface area contributed by atoms with Gasteiger partial charge in [0.1, 0.15) is 11.4 Å². The Balaban J connectivity index is 1.73. The number of fused-ring (bicyclic) bond motifs is 1. The fourth-order valence-electron chi connectivity index (χ4n) is 2.88. The van der Waals surface area contributed by atoms with Crippen molar-refractivity contribution < 1.29 is 9.84 Å². The fraction of sp³-hybridized carbons (Fsp3) is 0.143. The standard InChI is InChI=1S/C21H19N3O2/c25-14-5-15-26-18-11-9-17(10-12-18)24-21-19(8-4-13-22-21)20(23-24)16-6-2-1-3-7-16/h1-4,6-13,25H,5,14-15H2. The first-order chi connectivity index (χ1) is 12.9. The lowest BCUT2D eigenvalue weighted by atomic mass is 10.1.